The van der Waals surface area contributed by atoms with Gasteiger partial charge in [-0.25, -0.2) is 23.1 Å². The van der Waals surface area contributed by atoms with E-state index in [2.05, 4.69) is 20.3 Å². The van der Waals surface area contributed by atoms with Gasteiger partial charge >= 0.3 is 5.97 Å². The number of carbonyl (C=O) groups is 2. The van der Waals surface area contributed by atoms with Crippen LogP contribution in [-0.2, 0) is 31.0 Å². The van der Waals surface area contributed by atoms with Gasteiger partial charge in [0.1, 0.15) is 41.5 Å². The smallest absolute Gasteiger partial charge is 0.302 e. The van der Waals surface area contributed by atoms with E-state index in [0.717, 1.165) is 55.7 Å². The second-order valence-corrected chi connectivity index (χ2v) is 15.5. The number of benzene rings is 2. The quantitative estimate of drug-likeness (QED) is 0.147. The molecule has 1 N–H and O–H groups in total. The van der Waals surface area contributed by atoms with Crippen LogP contribution >= 0.6 is 23.2 Å². The summed E-state index contributed by atoms with van der Waals surface area (Å²) < 4.78 is 42.3. The SMILES string of the molecule is CC(=O)OCCCN1CCC(CNC(=O)[C@@H]2CCCN2S(=O)(=O)c2ccc(Cl)c(COc3cccc4c(-n5cncn5)cc(C)nc34)c2Cl)CC1. The summed E-state index contributed by atoms with van der Waals surface area (Å²) in [4.78, 5) is 35.3. The van der Waals surface area contributed by atoms with Crippen molar-refractivity contribution in [3.63, 3.8) is 0 Å². The predicted octanol–water partition coefficient (Wildman–Crippen LogP) is 4.94. The van der Waals surface area contributed by atoms with Crippen LogP contribution in [0.25, 0.3) is 16.6 Å². The van der Waals surface area contributed by atoms with E-state index in [9.17, 15) is 18.0 Å². The van der Waals surface area contributed by atoms with Gasteiger partial charge in [0.2, 0.25) is 15.9 Å². The van der Waals surface area contributed by atoms with Crippen LogP contribution in [0.5, 0.6) is 5.75 Å². The monoisotopic (exact) mass is 757 g/mol. The normalized spacial score (nSPS) is 17.5. The van der Waals surface area contributed by atoms with Crippen molar-refractivity contribution in [2.45, 2.75) is 63.5 Å². The standard InChI is InChI=1S/C35H41Cl2N7O6S/c1-23-18-30(43-22-38-21-40-43)26-6-3-8-31(34(26)41-23)50-20-27-28(36)9-10-32(33(27)37)51(47,48)44-14-4-7-29(44)35(46)39-19-25-11-15-42(16-12-25)13-5-17-49-24(2)45/h3,6,8-10,18,21-22,25,29H,4-5,7,11-17,19-20H2,1-2H3,(H,39,46)/t29-/m0/s1. The van der Waals surface area contributed by atoms with E-state index in [1.54, 1.807) is 17.1 Å². The molecule has 6 rings (SSSR count). The zero-order valence-corrected chi connectivity index (χ0v) is 30.9. The second kappa shape index (κ2) is 16.2. The molecule has 272 valence electrons. The van der Waals surface area contributed by atoms with E-state index >= 15 is 0 Å². The lowest BCUT2D eigenvalue weighted by atomic mass is 9.96. The van der Waals surface area contributed by atoms with Crippen LogP contribution < -0.4 is 10.1 Å². The highest BCUT2D eigenvalue weighted by Gasteiger charge is 2.41. The molecule has 2 saturated heterocycles. The van der Waals surface area contributed by atoms with E-state index in [1.165, 1.54) is 29.7 Å². The molecule has 4 heterocycles. The zero-order valence-electron chi connectivity index (χ0n) is 28.6. The third-order valence-corrected chi connectivity index (χ3v) is 12.2. The number of hydrogen-bond donors (Lipinski definition) is 1. The first kappa shape index (κ1) is 37.0. The molecule has 0 unspecified atom stereocenters. The molecule has 2 aromatic carbocycles. The molecule has 13 nitrogen and oxygen atoms in total. The Bertz CT molecular complexity index is 1990. The fourth-order valence-electron chi connectivity index (χ4n) is 6.72. The van der Waals surface area contributed by atoms with Crippen molar-refractivity contribution in [1.29, 1.82) is 0 Å². The maximum atomic E-state index is 14.1. The highest BCUT2D eigenvalue weighted by atomic mass is 35.5. The largest absolute Gasteiger partial charge is 0.487 e. The van der Waals surface area contributed by atoms with Crippen molar-refractivity contribution in [2.75, 3.05) is 39.3 Å². The maximum absolute atomic E-state index is 14.1. The van der Waals surface area contributed by atoms with Gasteiger partial charge in [0.25, 0.3) is 0 Å². The molecule has 2 fully saturated rings. The fourth-order valence-corrected chi connectivity index (χ4v) is 9.24. The molecule has 2 aliphatic rings. The Hall–Kier alpha value is -3.82. The number of rotatable bonds is 13. The van der Waals surface area contributed by atoms with E-state index in [4.69, 9.17) is 37.7 Å². The summed E-state index contributed by atoms with van der Waals surface area (Å²) >= 11 is 13.4. The number of piperidine rings is 1. The second-order valence-electron chi connectivity index (χ2n) is 12.9. The lowest BCUT2D eigenvalue weighted by Crippen LogP contribution is -2.47. The summed E-state index contributed by atoms with van der Waals surface area (Å²) in [6.07, 6.45) is 6.64. The molecular formula is C35H41Cl2N7O6S. The number of esters is 1. The molecule has 0 radical (unpaired) electrons. The highest BCUT2D eigenvalue weighted by Crippen LogP contribution is 2.37. The molecule has 51 heavy (non-hydrogen) atoms. The van der Waals surface area contributed by atoms with Gasteiger partial charge in [0.15, 0.2) is 0 Å². The van der Waals surface area contributed by atoms with Crippen molar-refractivity contribution in [1.82, 2.24) is 34.3 Å². The minimum Gasteiger partial charge on any atom is -0.487 e. The number of fused-ring (bicyclic) bond motifs is 1. The van der Waals surface area contributed by atoms with E-state index in [1.807, 2.05) is 25.1 Å². The Morgan fingerprint density at radius 1 is 1.08 bits per heavy atom. The van der Waals surface area contributed by atoms with Gasteiger partial charge in [-0.15, -0.1) is 0 Å². The minimum atomic E-state index is -4.16. The third-order valence-electron chi connectivity index (χ3n) is 9.39. The lowest BCUT2D eigenvalue weighted by Gasteiger charge is -2.32. The van der Waals surface area contributed by atoms with Gasteiger partial charge < -0.3 is 19.7 Å². The summed E-state index contributed by atoms with van der Waals surface area (Å²) in [5, 5.41) is 8.26. The van der Waals surface area contributed by atoms with Crippen molar-refractivity contribution in [3.05, 3.63) is 70.4 Å². The molecule has 2 aromatic heterocycles. The highest BCUT2D eigenvalue weighted by molar-refractivity contribution is 7.89. The number of likely N-dealkylation sites (tertiary alicyclic amines) is 1. The number of hydrogen-bond acceptors (Lipinski definition) is 10. The molecular weight excluding hydrogens is 717 g/mol. The number of sulfonamides is 1. The Kier molecular flexibility index (Phi) is 11.8. The van der Waals surface area contributed by atoms with Crippen LogP contribution in [-0.4, -0.2) is 94.6 Å². The van der Waals surface area contributed by atoms with E-state index < -0.39 is 16.1 Å². The number of nitrogens with one attached hydrogen (secondary N) is 1. The Morgan fingerprint density at radius 3 is 2.63 bits per heavy atom. The van der Waals surface area contributed by atoms with Gasteiger partial charge in [-0.1, -0.05) is 35.3 Å². The van der Waals surface area contributed by atoms with Gasteiger partial charge in [-0.05, 0) is 82.3 Å². The number of amides is 1. The first-order chi connectivity index (χ1) is 24.5. The van der Waals surface area contributed by atoms with Gasteiger partial charge in [0.05, 0.1) is 17.3 Å². The number of nitrogens with zero attached hydrogens (tertiary/aromatic N) is 6. The first-order valence-corrected chi connectivity index (χ1v) is 19.2. The topological polar surface area (TPSA) is 149 Å². The van der Waals surface area contributed by atoms with Crippen molar-refractivity contribution >= 4 is 56.0 Å². The zero-order chi connectivity index (χ0) is 36.1. The minimum absolute atomic E-state index is 0.0548. The van der Waals surface area contributed by atoms with Crippen LogP contribution in [0.4, 0.5) is 0 Å². The van der Waals surface area contributed by atoms with Gasteiger partial charge in [-0.2, -0.15) is 9.40 Å². The van der Waals surface area contributed by atoms with E-state index in [0.29, 0.717) is 48.7 Å². The number of para-hydroxylation sites is 1. The van der Waals surface area contributed by atoms with Crippen LogP contribution in [0.1, 0.15) is 50.3 Å². The summed E-state index contributed by atoms with van der Waals surface area (Å²) in [6, 6.07) is 9.43. The summed E-state index contributed by atoms with van der Waals surface area (Å²) in [5.74, 6) is 0.180. The molecule has 0 aliphatic carbocycles. The maximum Gasteiger partial charge on any atom is 0.302 e. The fraction of sp³-hybridized carbons (Fsp3) is 0.457. The molecule has 16 heteroatoms. The molecule has 1 atom stereocenters. The Balaban J connectivity index is 1.11. The average Bonchev–Trinajstić information content (AvgIpc) is 3.83. The molecule has 1 amide bonds. The number of halogens is 2. The number of pyridine rings is 1. The molecule has 4 aromatic rings. The third kappa shape index (κ3) is 8.47. The van der Waals surface area contributed by atoms with E-state index in [-0.39, 0.29) is 40.0 Å². The first-order valence-electron chi connectivity index (χ1n) is 17.0. The van der Waals surface area contributed by atoms with Crippen LogP contribution in [0, 0.1) is 12.8 Å². The summed E-state index contributed by atoms with van der Waals surface area (Å²) in [6.45, 7) is 6.90. The van der Waals surface area contributed by atoms with Crippen molar-refractivity contribution < 1.29 is 27.5 Å². The van der Waals surface area contributed by atoms with Crippen molar-refractivity contribution in [2.24, 2.45) is 5.92 Å². The predicted molar refractivity (Wildman–Crippen MR) is 193 cm³/mol. The summed E-state index contributed by atoms with van der Waals surface area (Å²) in [5.41, 5.74) is 2.42. The van der Waals surface area contributed by atoms with Crippen LogP contribution in [0.2, 0.25) is 10.0 Å². The Morgan fingerprint density at radius 2 is 1.88 bits per heavy atom. The molecule has 0 saturated carbocycles. The van der Waals surface area contributed by atoms with Gasteiger partial charge in [-0.3, -0.25) is 9.59 Å². The number of aryl methyl sites for hydroxylation is 1. The molecule has 0 spiro atoms. The van der Waals surface area contributed by atoms with Crippen LogP contribution in [0.15, 0.2) is 53.9 Å². The number of ether oxygens (including phenoxy) is 2. The summed E-state index contributed by atoms with van der Waals surface area (Å²) in [7, 11) is -4.16. The number of aromatic nitrogens is 4. The molecule has 0 bridgehead atoms. The Labute approximate surface area is 307 Å². The number of carbonyl (C=O) groups excluding carboxylic acids is 2. The van der Waals surface area contributed by atoms with Crippen LogP contribution in [0.3, 0.4) is 0 Å². The average molecular weight is 759 g/mol. The molecule has 2 aliphatic heterocycles. The van der Waals surface area contributed by atoms with Crippen molar-refractivity contribution in [3.8, 4) is 11.4 Å². The lowest BCUT2D eigenvalue weighted by molar-refractivity contribution is -0.141. The van der Waals surface area contributed by atoms with Gasteiger partial charge in [0, 0.05) is 48.2 Å².